The van der Waals surface area contributed by atoms with Gasteiger partial charge < -0.3 is 14.8 Å². The minimum atomic E-state index is -0.555. The Labute approximate surface area is 140 Å². The number of amides is 1. The van der Waals surface area contributed by atoms with E-state index in [2.05, 4.69) is 21.9 Å². The standard InChI is InChI=1S/C19H17NO4/c1-23-17-12-6-3-8-14(17)9-7-13-20-18(21)15-10-4-5-11-16(15)19(22)24-2/h3-6,8,10-12H,13H2,1-2H3,(H,20,21). The van der Waals surface area contributed by atoms with Crippen LogP contribution in [-0.4, -0.2) is 32.6 Å². The highest BCUT2D eigenvalue weighted by atomic mass is 16.5. The Balaban J connectivity index is 2.05. The fourth-order valence-electron chi connectivity index (χ4n) is 2.08. The van der Waals surface area contributed by atoms with E-state index in [1.807, 2.05) is 24.3 Å². The number of rotatable bonds is 4. The first-order valence-electron chi connectivity index (χ1n) is 7.24. The van der Waals surface area contributed by atoms with Crippen molar-refractivity contribution in [1.82, 2.24) is 5.32 Å². The van der Waals surface area contributed by atoms with Crippen molar-refractivity contribution in [3.8, 4) is 17.6 Å². The molecule has 122 valence electrons. The van der Waals surface area contributed by atoms with Gasteiger partial charge in [0.05, 0.1) is 37.5 Å². The van der Waals surface area contributed by atoms with Crippen molar-refractivity contribution >= 4 is 11.9 Å². The molecule has 0 aliphatic heterocycles. The summed E-state index contributed by atoms with van der Waals surface area (Å²) in [5, 5.41) is 2.66. The molecule has 0 bridgehead atoms. The van der Waals surface area contributed by atoms with E-state index >= 15 is 0 Å². The van der Waals surface area contributed by atoms with Crippen molar-refractivity contribution in [2.45, 2.75) is 0 Å². The molecule has 5 heteroatoms. The van der Waals surface area contributed by atoms with Gasteiger partial charge in [0.1, 0.15) is 5.75 Å². The zero-order valence-electron chi connectivity index (χ0n) is 13.5. The van der Waals surface area contributed by atoms with Gasteiger partial charge in [-0.05, 0) is 24.3 Å². The van der Waals surface area contributed by atoms with Gasteiger partial charge in [-0.1, -0.05) is 36.1 Å². The van der Waals surface area contributed by atoms with Crippen LogP contribution in [0.5, 0.6) is 5.75 Å². The monoisotopic (exact) mass is 323 g/mol. The number of benzene rings is 2. The summed E-state index contributed by atoms with van der Waals surface area (Å²) in [5.74, 6) is 5.53. The number of carbonyl (C=O) groups excluding carboxylic acids is 2. The third-order valence-corrected chi connectivity index (χ3v) is 3.24. The van der Waals surface area contributed by atoms with Crippen LogP contribution >= 0.6 is 0 Å². The number of hydrogen-bond acceptors (Lipinski definition) is 4. The molecule has 2 aromatic carbocycles. The molecule has 5 nitrogen and oxygen atoms in total. The fraction of sp³-hybridized carbons (Fsp3) is 0.158. The molecule has 0 fully saturated rings. The van der Waals surface area contributed by atoms with Gasteiger partial charge in [0.25, 0.3) is 5.91 Å². The third kappa shape index (κ3) is 4.14. The van der Waals surface area contributed by atoms with Crippen LogP contribution in [0.1, 0.15) is 26.3 Å². The Bertz CT molecular complexity index is 802. The molecule has 0 aliphatic rings. The summed E-state index contributed by atoms with van der Waals surface area (Å²) >= 11 is 0. The first-order chi connectivity index (χ1) is 11.7. The largest absolute Gasteiger partial charge is 0.495 e. The topological polar surface area (TPSA) is 64.6 Å². The van der Waals surface area contributed by atoms with E-state index in [1.54, 1.807) is 31.4 Å². The van der Waals surface area contributed by atoms with Crippen LogP contribution in [0.4, 0.5) is 0 Å². The highest BCUT2D eigenvalue weighted by molar-refractivity contribution is 6.05. The molecule has 0 atom stereocenters. The van der Waals surface area contributed by atoms with Crippen LogP contribution in [0.15, 0.2) is 48.5 Å². The lowest BCUT2D eigenvalue weighted by Gasteiger charge is -2.06. The van der Waals surface area contributed by atoms with Gasteiger partial charge in [-0.3, -0.25) is 4.79 Å². The number of hydrogen-bond donors (Lipinski definition) is 1. The second kappa shape index (κ2) is 8.39. The van der Waals surface area contributed by atoms with Crippen LogP contribution in [0.3, 0.4) is 0 Å². The van der Waals surface area contributed by atoms with Crippen LogP contribution in [0.2, 0.25) is 0 Å². The van der Waals surface area contributed by atoms with E-state index in [1.165, 1.54) is 7.11 Å². The van der Waals surface area contributed by atoms with E-state index in [0.29, 0.717) is 5.75 Å². The maximum Gasteiger partial charge on any atom is 0.338 e. The van der Waals surface area contributed by atoms with Crippen molar-refractivity contribution in [2.24, 2.45) is 0 Å². The maximum atomic E-state index is 12.2. The molecular weight excluding hydrogens is 306 g/mol. The molecule has 0 aromatic heterocycles. The van der Waals surface area contributed by atoms with Crippen molar-refractivity contribution in [3.63, 3.8) is 0 Å². The molecule has 0 heterocycles. The molecule has 2 aromatic rings. The number of methoxy groups -OCH3 is 2. The lowest BCUT2D eigenvalue weighted by Crippen LogP contribution is -2.25. The number of nitrogens with one attached hydrogen (secondary N) is 1. The summed E-state index contributed by atoms with van der Waals surface area (Å²) in [5.41, 5.74) is 1.21. The van der Waals surface area contributed by atoms with Crippen LogP contribution in [-0.2, 0) is 4.74 Å². The summed E-state index contributed by atoms with van der Waals surface area (Å²) in [4.78, 5) is 23.9. The van der Waals surface area contributed by atoms with Crippen LogP contribution < -0.4 is 10.1 Å². The van der Waals surface area contributed by atoms with Gasteiger partial charge in [0.2, 0.25) is 0 Å². The lowest BCUT2D eigenvalue weighted by atomic mass is 10.1. The molecule has 0 aliphatic carbocycles. The maximum absolute atomic E-state index is 12.2. The molecule has 0 unspecified atom stereocenters. The average Bonchev–Trinajstić information content (AvgIpc) is 2.64. The Morgan fingerprint density at radius 3 is 2.38 bits per heavy atom. The predicted octanol–water partition coefficient (Wildman–Crippen LogP) is 2.26. The van der Waals surface area contributed by atoms with Gasteiger partial charge in [-0.15, -0.1) is 0 Å². The molecular formula is C19H17NO4. The SMILES string of the molecule is COC(=O)c1ccccc1C(=O)NCC#Cc1ccccc1OC. The molecule has 0 spiro atoms. The first kappa shape index (κ1) is 17.1. The summed E-state index contributed by atoms with van der Waals surface area (Å²) in [6.07, 6.45) is 0. The highest BCUT2D eigenvalue weighted by Gasteiger charge is 2.16. The van der Waals surface area contributed by atoms with Gasteiger partial charge in [-0.25, -0.2) is 4.79 Å². The van der Waals surface area contributed by atoms with Gasteiger partial charge >= 0.3 is 5.97 Å². The van der Waals surface area contributed by atoms with E-state index in [0.717, 1.165) is 5.56 Å². The van der Waals surface area contributed by atoms with Gasteiger partial charge in [-0.2, -0.15) is 0 Å². The van der Waals surface area contributed by atoms with Crippen LogP contribution in [0.25, 0.3) is 0 Å². The van der Waals surface area contributed by atoms with Crippen molar-refractivity contribution < 1.29 is 19.1 Å². The Morgan fingerprint density at radius 1 is 1.00 bits per heavy atom. The molecule has 0 saturated heterocycles. The zero-order chi connectivity index (χ0) is 17.4. The van der Waals surface area contributed by atoms with E-state index < -0.39 is 5.97 Å². The number of ether oxygens (including phenoxy) is 2. The highest BCUT2D eigenvalue weighted by Crippen LogP contribution is 2.15. The van der Waals surface area contributed by atoms with Crippen LogP contribution in [0, 0.1) is 11.8 Å². The second-order valence-corrected chi connectivity index (χ2v) is 4.72. The second-order valence-electron chi connectivity index (χ2n) is 4.72. The van der Waals surface area contributed by atoms with Gasteiger partial charge in [0.15, 0.2) is 0 Å². The molecule has 0 saturated carbocycles. The minimum absolute atomic E-state index is 0.145. The number of esters is 1. The minimum Gasteiger partial charge on any atom is -0.495 e. The summed E-state index contributed by atoms with van der Waals surface area (Å²) in [6, 6.07) is 13.8. The molecule has 24 heavy (non-hydrogen) atoms. The normalized spacial score (nSPS) is 9.42. The predicted molar refractivity (Wildman–Crippen MR) is 90.0 cm³/mol. The first-order valence-corrected chi connectivity index (χ1v) is 7.24. The van der Waals surface area contributed by atoms with E-state index in [4.69, 9.17) is 4.74 Å². The Kier molecular flexibility index (Phi) is 5.98. The number of carbonyl (C=O) groups is 2. The Hall–Kier alpha value is -3.26. The summed E-state index contributed by atoms with van der Waals surface area (Å²) in [6.45, 7) is 0.145. The number of para-hydroxylation sites is 1. The van der Waals surface area contributed by atoms with Gasteiger partial charge in [0, 0.05) is 0 Å². The van der Waals surface area contributed by atoms with Crippen molar-refractivity contribution in [2.75, 3.05) is 20.8 Å². The lowest BCUT2D eigenvalue weighted by molar-refractivity contribution is 0.0596. The smallest absolute Gasteiger partial charge is 0.338 e. The molecule has 1 amide bonds. The van der Waals surface area contributed by atoms with Crippen molar-refractivity contribution in [3.05, 3.63) is 65.2 Å². The zero-order valence-corrected chi connectivity index (χ0v) is 13.5. The fourth-order valence-corrected chi connectivity index (χ4v) is 2.08. The Morgan fingerprint density at radius 2 is 1.67 bits per heavy atom. The van der Waals surface area contributed by atoms with E-state index in [-0.39, 0.29) is 23.6 Å². The average molecular weight is 323 g/mol. The quantitative estimate of drug-likeness (QED) is 0.692. The van der Waals surface area contributed by atoms with Crippen molar-refractivity contribution in [1.29, 1.82) is 0 Å². The molecule has 1 N–H and O–H groups in total. The summed E-state index contributed by atoms with van der Waals surface area (Å²) < 4.78 is 9.88. The molecule has 0 radical (unpaired) electrons. The third-order valence-electron chi connectivity index (χ3n) is 3.24. The van der Waals surface area contributed by atoms with E-state index in [9.17, 15) is 9.59 Å². The molecule has 2 rings (SSSR count). The summed E-state index contributed by atoms with van der Waals surface area (Å²) in [7, 11) is 2.85.